The van der Waals surface area contributed by atoms with Crippen molar-refractivity contribution in [1.29, 1.82) is 0 Å². The van der Waals surface area contributed by atoms with E-state index in [9.17, 15) is 9.59 Å². The van der Waals surface area contributed by atoms with Gasteiger partial charge >= 0.3 is 0 Å². The predicted molar refractivity (Wildman–Crippen MR) is 160 cm³/mol. The van der Waals surface area contributed by atoms with E-state index in [0.717, 1.165) is 48.1 Å². The minimum atomic E-state index is -0.631. The van der Waals surface area contributed by atoms with Crippen LogP contribution in [-0.2, 0) is 28.3 Å². The lowest BCUT2D eigenvalue weighted by Crippen LogP contribution is -2.53. The Balaban J connectivity index is 1.58. The third-order valence-electron chi connectivity index (χ3n) is 7.15. The summed E-state index contributed by atoms with van der Waals surface area (Å²) in [6.07, 6.45) is 5.88. The van der Waals surface area contributed by atoms with E-state index in [2.05, 4.69) is 5.32 Å². The second kappa shape index (κ2) is 15.0. The van der Waals surface area contributed by atoms with Crippen LogP contribution in [0, 0.1) is 0 Å². The Kier molecular flexibility index (Phi) is 11.2. The Morgan fingerprint density at radius 3 is 2.44 bits per heavy atom. The molecule has 1 aliphatic carbocycles. The van der Waals surface area contributed by atoms with E-state index in [-0.39, 0.29) is 23.6 Å². The van der Waals surface area contributed by atoms with Gasteiger partial charge < -0.3 is 15.0 Å². The van der Waals surface area contributed by atoms with Crippen molar-refractivity contribution in [2.24, 2.45) is 0 Å². The van der Waals surface area contributed by atoms with Gasteiger partial charge in [0.1, 0.15) is 11.8 Å². The van der Waals surface area contributed by atoms with Crippen LogP contribution in [0.5, 0.6) is 5.75 Å². The van der Waals surface area contributed by atoms with Crippen LogP contribution in [-0.4, -0.2) is 41.7 Å². The van der Waals surface area contributed by atoms with Crippen LogP contribution < -0.4 is 10.1 Å². The third kappa shape index (κ3) is 8.77. The van der Waals surface area contributed by atoms with Crippen molar-refractivity contribution in [2.75, 3.05) is 12.9 Å². The maximum absolute atomic E-state index is 13.9. The molecule has 1 aliphatic rings. The number of methoxy groups -OCH3 is 1. The Morgan fingerprint density at radius 1 is 0.974 bits per heavy atom. The number of carbonyl (C=O) groups excluding carboxylic acids is 2. The molecule has 3 aromatic carbocycles. The minimum Gasteiger partial charge on any atom is -0.497 e. The summed E-state index contributed by atoms with van der Waals surface area (Å²) in [7, 11) is 1.63. The number of nitrogens with zero attached hydrogens (tertiary/aromatic N) is 1. The molecule has 3 aromatic rings. The summed E-state index contributed by atoms with van der Waals surface area (Å²) in [4.78, 5) is 29.5. The average Bonchev–Trinajstić information content (AvgIpc) is 2.97. The molecule has 7 heteroatoms. The highest BCUT2D eigenvalue weighted by Gasteiger charge is 2.32. The summed E-state index contributed by atoms with van der Waals surface area (Å²) >= 11 is 7.85. The molecule has 0 aliphatic heterocycles. The number of thioether (sulfide) groups is 1. The van der Waals surface area contributed by atoms with Gasteiger partial charge in [0.05, 0.1) is 12.9 Å². The van der Waals surface area contributed by atoms with Gasteiger partial charge in [0.15, 0.2) is 0 Å². The van der Waals surface area contributed by atoms with E-state index >= 15 is 0 Å². The maximum atomic E-state index is 13.9. The smallest absolute Gasteiger partial charge is 0.243 e. The summed E-state index contributed by atoms with van der Waals surface area (Å²) in [5.74, 6) is 1.43. The van der Waals surface area contributed by atoms with E-state index < -0.39 is 6.04 Å². The van der Waals surface area contributed by atoms with Crippen LogP contribution in [0.4, 0.5) is 0 Å². The molecule has 1 atom stereocenters. The van der Waals surface area contributed by atoms with Crippen LogP contribution in [0.2, 0.25) is 5.02 Å². The van der Waals surface area contributed by atoms with Gasteiger partial charge in [0, 0.05) is 29.8 Å². The van der Waals surface area contributed by atoms with Crippen molar-refractivity contribution in [3.05, 3.63) is 101 Å². The number of rotatable bonds is 12. The lowest BCUT2D eigenvalue weighted by Gasteiger charge is -2.33. The number of carbonyl (C=O) groups is 2. The molecular weight excluding hydrogens is 528 g/mol. The van der Waals surface area contributed by atoms with Gasteiger partial charge in [-0.1, -0.05) is 91.5 Å². The lowest BCUT2D eigenvalue weighted by molar-refractivity contribution is -0.139. The topological polar surface area (TPSA) is 58.6 Å². The van der Waals surface area contributed by atoms with Crippen molar-refractivity contribution in [3.63, 3.8) is 0 Å². The zero-order chi connectivity index (χ0) is 27.5. The highest BCUT2D eigenvalue weighted by Crippen LogP contribution is 2.24. The molecule has 0 bridgehead atoms. The number of hydrogen-bond acceptors (Lipinski definition) is 4. The monoisotopic (exact) mass is 564 g/mol. The second-order valence-electron chi connectivity index (χ2n) is 10.0. The SMILES string of the molecule is COc1cccc(CN(C(=O)CSCc2ccccc2Cl)[C@@H](Cc2ccccc2)C(=O)NC2CCCCC2)c1. The Bertz CT molecular complexity index is 1220. The van der Waals surface area contributed by atoms with Crippen molar-refractivity contribution in [1.82, 2.24) is 10.2 Å². The number of ether oxygens (including phenoxy) is 1. The summed E-state index contributed by atoms with van der Waals surface area (Å²) in [6, 6.07) is 24.8. The number of amides is 2. The molecule has 1 saturated carbocycles. The largest absolute Gasteiger partial charge is 0.497 e. The van der Waals surface area contributed by atoms with Crippen molar-refractivity contribution in [2.45, 2.75) is 62.9 Å². The van der Waals surface area contributed by atoms with Crippen LogP contribution in [0.1, 0.15) is 48.8 Å². The van der Waals surface area contributed by atoms with Gasteiger partial charge in [0.25, 0.3) is 0 Å². The molecule has 0 saturated heterocycles. The summed E-state index contributed by atoms with van der Waals surface area (Å²) < 4.78 is 5.43. The first-order valence-electron chi connectivity index (χ1n) is 13.6. The zero-order valence-electron chi connectivity index (χ0n) is 22.5. The Hall–Kier alpha value is -2.96. The fourth-order valence-corrected chi connectivity index (χ4v) is 6.21. The van der Waals surface area contributed by atoms with Gasteiger partial charge in [0.2, 0.25) is 11.8 Å². The zero-order valence-corrected chi connectivity index (χ0v) is 24.1. The normalized spacial score (nSPS) is 14.4. The molecule has 206 valence electrons. The standard InChI is InChI=1S/C32H37ClN2O3S/c1-38-28-17-10-13-25(19-28)21-35(31(36)23-39-22-26-14-8-9-18-29(26)33)30(20-24-11-4-2-5-12-24)32(37)34-27-15-6-3-7-16-27/h2,4-5,8-14,17-19,27,30H,3,6-7,15-16,20-23H2,1H3,(H,34,37)/t30-/m0/s1. The van der Waals surface area contributed by atoms with E-state index in [1.54, 1.807) is 12.0 Å². The molecule has 0 unspecified atom stereocenters. The van der Waals surface area contributed by atoms with Crippen molar-refractivity contribution in [3.8, 4) is 5.75 Å². The van der Waals surface area contributed by atoms with Gasteiger partial charge in [-0.15, -0.1) is 11.8 Å². The van der Waals surface area contributed by atoms with Gasteiger partial charge in [-0.05, 0) is 47.7 Å². The number of halogens is 1. The highest BCUT2D eigenvalue weighted by atomic mass is 35.5. The molecular formula is C32H37ClN2O3S. The molecule has 0 aromatic heterocycles. The van der Waals surface area contributed by atoms with Crippen LogP contribution in [0.3, 0.4) is 0 Å². The first kappa shape index (κ1) is 29.0. The molecule has 1 fully saturated rings. The molecule has 0 radical (unpaired) electrons. The van der Waals surface area contributed by atoms with Crippen molar-refractivity contribution < 1.29 is 14.3 Å². The highest BCUT2D eigenvalue weighted by molar-refractivity contribution is 7.99. The molecule has 0 heterocycles. The predicted octanol–water partition coefficient (Wildman–Crippen LogP) is 6.67. The van der Waals surface area contributed by atoms with E-state index in [1.807, 2.05) is 78.9 Å². The van der Waals surface area contributed by atoms with Crippen LogP contribution in [0.15, 0.2) is 78.9 Å². The first-order chi connectivity index (χ1) is 19.0. The summed E-state index contributed by atoms with van der Waals surface area (Å²) in [6.45, 7) is 0.318. The minimum absolute atomic E-state index is 0.0744. The van der Waals surface area contributed by atoms with E-state index in [1.165, 1.54) is 18.2 Å². The Labute approximate surface area is 241 Å². The Morgan fingerprint density at radius 2 is 1.69 bits per heavy atom. The molecule has 0 spiro atoms. The van der Waals surface area contributed by atoms with Crippen LogP contribution >= 0.6 is 23.4 Å². The quantitative estimate of drug-likeness (QED) is 0.267. The average molecular weight is 565 g/mol. The number of hydrogen-bond donors (Lipinski definition) is 1. The van der Waals surface area contributed by atoms with Crippen LogP contribution in [0.25, 0.3) is 0 Å². The van der Waals surface area contributed by atoms with Gasteiger partial charge in [-0.2, -0.15) is 0 Å². The lowest BCUT2D eigenvalue weighted by atomic mass is 9.94. The van der Waals surface area contributed by atoms with E-state index in [4.69, 9.17) is 16.3 Å². The maximum Gasteiger partial charge on any atom is 0.243 e. The summed E-state index contributed by atoms with van der Waals surface area (Å²) in [5, 5.41) is 3.98. The number of nitrogens with one attached hydrogen (secondary N) is 1. The second-order valence-corrected chi connectivity index (χ2v) is 11.4. The summed E-state index contributed by atoms with van der Waals surface area (Å²) in [5.41, 5.74) is 2.93. The molecule has 4 rings (SSSR count). The molecule has 1 N–H and O–H groups in total. The fraction of sp³-hybridized carbons (Fsp3) is 0.375. The number of benzene rings is 3. The van der Waals surface area contributed by atoms with E-state index in [0.29, 0.717) is 23.7 Å². The van der Waals surface area contributed by atoms with Crippen molar-refractivity contribution >= 4 is 35.2 Å². The fourth-order valence-electron chi connectivity index (χ4n) is 5.01. The van der Waals surface area contributed by atoms with Gasteiger partial charge in [-0.3, -0.25) is 9.59 Å². The molecule has 5 nitrogen and oxygen atoms in total. The molecule has 2 amide bonds. The molecule has 39 heavy (non-hydrogen) atoms. The third-order valence-corrected chi connectivity index (χ3v) is 8.49. The van der Waals surface area contributed by atoms with Gasteiger partial charge in [-0.25, -0.2) is 0 Å². The first-order valence-corrected chi connectivity index (χ1v) is 15.1.